The van der Waals surface area contributed by atoms with Crippen molar-refractivity contribution < 1.29 is 28.5 Å². The third kappa shape index (κ3) is 10.6. The van der Waals surface area contributed by atoms with Crippen LogP contribution in [0.1, 0.15) is 58.6 Å². The molecule has 0 aliphatic carbocycles. The molecule has 2 aliphatic heterocycles. The summed E-state index contributed by atoms with van der Waals surface area (Å²) >= 11 is 0. The number of rotatable bonds is 16. The minimum atomic E-state index is 0.00488. The number of allylic oxidation sites excluding steroid dienone is 4. The molecule has 0 spiro atoms. The standard InChI is InChI=1S/C38H48N2O6/c1-6-19-39(37(41)13-9-7-11-31-15-17-33-35(21-31)45-26-43-33)24-29(4)20-30(5)25-40(23-28(2)3)38(42)14-10-8-12-32-16-18-34-36(22-32)46-27-44-34/h7-18,21-22,28-30H,6,19-20,23-27H2,1-5H3. The second-order valence-corrected chi connectivity index (χ2v) is 12.5. The van der Waals surface area contributed by atoms with E-state index in [-0.39, 0.29) is 31.3 Å². The Hall–Kier alpha value is -4.46. The summed E-state index contributed by atoms with van der Waals surface area (Å²) in [6.45, 7) is 14.0. The maximum Gasteiger partial charge on any atom is 0.246 e. The number of amides is 2. The predicted octanol–water partition coefficient (Wildman–Crippen LogP) is 7.37. The molecular formula is C38H48N2O6. The van der Waals surface area contributed by atoms with Gasteiger partial charge in [0.2, 0.25) is 25.4 Å². The van der Waals surface area contributed by atoms with Gasteiger partial charge in [-0.1, -0.05) is 83.2 Å². The lowest BCUT2D eigenvalue weighted by Gasteiger charge is -2.30. The van der Waals surface area contributed by atoms with Crippen LogP contribution in [0.2, 0.25) is 0 Å². The van der Waals surface area contributed by atoms with E-state index in [2.05, 4.69) is 34.6 Å². The fraction of sp³-hybridized carbons (Fsp3) is 0.421. The molecule has 2 aromatic rings. The van der Waals surface area contributed by atoms with Crippen molar-refractivity contribution >= 4 is 24.0 Å². The summed E-state index contributed by atoms with van der Waals surface area (Å²) in [5.74, 6) is 3.91. The lowest BCUT2D eigenvalue weighted by molar-refractivity contribution is -0.127. The van der Waals surface area contributed by atoms with E-state index in [1.807, 2.05) is 70.5 Å². The summed E-state index contributed by atoms with van der Waals surface area (Å²) in [5.41, 5.74) is 1.96. The summed E-state index contributed by atoms with van der Waals surface area (Å²) < 4.78 is 21.6. The zero-order valence-electron chi connectivity index (χ0n) is 27.8. The first kappa shape index (κ1) is 34.4. The molecular weight excluding hydrogens is 580 g/mol. The third-order valence-corrected chi connectivity index (χ3v) is 7.64. The van der Waals surface area contributed by atoms with Crippen molar-refractivity contribution in [1.82, 2.24) is 9.80 Å². The summed E-state index contributed by atoms with van der Waals surface area (Å²) in [7, 11) is 0. The molecule has 0 N–H and O–H groups in total. The highest BCUT2D eigenvalue weighted by Crippen LogP contribution is 2.33. The molecule has 8 nitrogen and oxygen atoms in total. The van der Waals surface area contributed by atoms with Crippen molar-refractivity contribution in [3.8, 4) is 23.0 Å². The van der Waals surface area contributed by atoms with E-state index in [0.29, 0.717) is 38.0 Å². The number of hydrogen-bond donors (Lipinski definition) is 0. The van der Waals surface area contributed by atoms with Crippen LogP contribution in [0, 0.1) is 17.8 Å². The normalized spacial score (nSPS) is 15.1. The number of benzene rings is 2. The molecule has 2 atom stereocenters. The highest BCUT2D eigenvalue weighted by Gasteiger charge is 2.20. The highest BCUT2D eigenvalue weighted by atomic mass is 16.7. The largest absolute Gasteiger partial charge is 0.454 e. The van der Waals surface area contributed by atoms with Gasteiger partial charge in [0.25, 0.3) is 0 Å². The molecule has 2 unspecified atom stereocenters. The van der Waals surface area contributed by atoms with Crippen LogP contribution in [0.3, 0.4) is 0 Å². The minimum Gasteiger partial charge on any atom is -0.454 e. The molecule has 0 radical (unpaired) electrons. The lowest BCUT2D eigenvalue weighted by Crippen LogP contribution is -2.38. The van der Waals surface area contributed by atoms with E-state index < -0.39 is 0 Å². The smallest absolute Gasteiger partial charge is 0.246 e. The van der Waals surface area contributed by atoms with E-state index in [0.717, 1.165) is 47.0 Å². The van der Waals surface area contributed by atoms with Gasteiger partial charge in [-0.25, -0.2) is 0 Å². The number of hydrogen-bond acceptors (Lipinski definition) is 6. The van der Waals surface area contributed by atoms with E-state index in [9.17, 15) is 9.59 Å². The topological polar surface area (TPSA) is 77.5 Å². The summed E-state index contributed by atoms with van der Waals surface area (Å²) in [5, 5.41) is 0. The molecule has 8 heteroatoms. The lowest BCUT2D eigenvalue weighted by atomic mass is 9.95. The molecule has 246 valence electrons. The average molecular weight is 629 g/mol. The predicted molar refractivity (Wildman–Crippen MR) is 183 cm³/mol. The van der Waals surface area contributed by atoms with Gasteiger partial charge in [0, 0.05) is 38.3 Å². The van der Waals surface area contributed by atoms with E-state index in [4.69, 9.17) is 18.9 Å². The fourth-order valence-corrected chi connectivity index (χ4v) is 5.70. The van der Waals surface area contributed by atoms with Gasteiger partial charge < -0.3 is 28.7 Å². The molecule has 0 bridgehead atoms. The number of nitrogens with zero attached hydrogens (tertiary/aromatic N) is 2. The van der Waals surface area contributed by atoms with Crippen molar-refractivity contribution in [2.24, 2.45) is 17.8 Å². The van der Waals surface area contributed by atoms with Gasteiger partial charge in [0.15, 0.2) is 23.0 Å². The Bertz CT molecular complexity index is 1440. The molecule has 2 amide bonds. The second kappa shape index (κ2) is 17.3. The number of carbonyl (C=O) groups excluding carboxylic acids is 2. The number of fused-ring (bicyclic) bond motifs is 2. The van der Waals surface area contributed by atoms with E-state index >= 15 is 0 Å². The summed E-state index contributed by atoms with van der Waals surface area (Å²) in [4.78, 5) is 30.1. The average Bonchev–Trinajstić information content (AvgIpc) is 3.69. The van der Waals surface area contributed by atoms with Crippen LogP contribution < -0.4 is 18.9 Å². The molecule has 2 aromatic carbocycles. The van der Waals surface area contributed by atoms with Gasteiger partial charge in [-0.05, 0) is 66.0 Å². The fourth-order valence-electron chi connectivity index (χ4n) is 5.70. The SMILES string of the molecule is CCCN(CC(C)CC(C)CN(CC(C)C)C(=O)C=CC=Cc1ccc2c(c1)OCO2)C(=O)C=CC=Cc1ccc2c(c1)OCO2. The van der Waals surface area contributed by atoms with Crippen molar-refractivity contribution in [3.05, 3.63) is 84.0 Å². The van der Waals surface area contributed by atoms with Gasteiger partial charge in [0.05, 0.1) is 0 Å². The van der Waals surface area contributed by atoms with Crippen LogP contribution in [-0.2, 0) is 9.59 Å². The van der Waals surface area contributed by atoms with Crippen LogP contribution in [0.15, 0.2) is 72.9 Å². The Morgan fingerprint density at radius 2 is 1.15 bits per heavy atom. The zero-order valence-corrected chi connectivity index (χ0v) is 27.8. The van der Waals surface area contributed by atoms with Crippen molar-refractivity contribution in [1.29, 1.82) is 0 Å². The van der Waals surface area contributed by atoms with Gasteiger partial charge >= 0.3 is 0 Å². The molecule has 46 heavy (non-hydrogen) atoms. The maximum absolute atomic E-state index is 13.2. The summed E-state index contributed by atoms with van der Waals surface area (Å²) in [6.07, 6.45) is 16.3. The van der Waals surface area contributed by atoms with Crippen LogP contribution in [-0.4, -0.2) is 61.4 Å². The van der Waals surface area contributed by atoms with Gasteiger partial charge in [-0.15, -0.1) is 0 Å². The first-order valence-corrected chi connectivity index (χ1v) is 16.3. The van der Waals surface area contributed by atoms with Crippen molar-refractivity contribution in [2.45, 2.75) is 47.5 Å². The Balaban J connectivity index is 1.26. The third-order valence-electron chi connectivity index (χ3n) is 7.64. The Morgan fingerprint density at radius 1 is 0.674 bits per heavy atom. The molecule has 2 aliphatic rings. The van der Waals surface area contributed by atoms with Crippen LogP contribution in [0.4, 0.5) is 0 Å². The molecule has 0 saturated carbocycles. The van der Waals surface area contributed by atoms with Gasteiger partial charge in [-0.2, -0.15) is 0 Å². The quantitative estimate of drug-likeness (QED) is 0.143. The second-order valence-electron chi connectivity index (χ2n) is 12.5. The Kier molecular flexibility index (Phi) is 12.9. The first-order chi connectivity index (χ1) is 22.2. The van der Waals surface area contributed by atoms with Crippen molar-refractivity contribution in [2.75, 3.05) is 39.8 Å². The van der Waals surface area contributed by atoms with Crippen molar-refractivity contribution in [3.63, 3.8) is 0 Å². The van der Waals surface area contributed by atoms with Crippen LogP contribution in [0.25, 0.3) is 12.2 Å². The summed E-state index contributed by atoms with van der Waals surface area (Å²) in [6, 6.07) is 11.5. The highest BCUT2D eigenvalue weighted by molar-refractivity contribution is 5.88. The first-order valence-electron chi connectivity index (χ1n) is 16.3. The van der Waals surface area contributed by atoms with Crippen LogP contribution >= 0.6 is 0 Å². The molecule has 4 rings (SSSR count). The molecule has 0 saturated heterocycles. The molecule has 2 heterocycles. The molecule has 0 fully saturated rings. The van der Waals surface area contributed by atoms with Crippen LogP contribution in [0.5, 0.6) is 23.0 Å². The molecule has 0 aromatic heterocycles. The number of carbonyl (C=O) groups is 2. The Morgan fingerprint density at radius 3 is 1.65 bits per heavy atom. The maximum atomic E-state index is 13.2. The Labute approximate surface area is 274 Å². The van der Waals surface area contributed by atoms with E-state index in [1.165, 1.54) is 0 Å². The monoisotopic (exact) mass is 628 g/mol. The van der Waals surface area contributed by atoms with Gasteiger partial charge in [0.1, 0.15) is 0 Å². The van der Waals surface area contributed by atoms with Gasteiger partial charge in [-0.3, -0.25) is 9.59 Å². The zero-order chi connectivity index (χ0) is 32.9. The van der Waals surface area contributed by atoms with E-state index in [1.54, 1.807) is 24.3 Å². The minimum absolute atomic E-state index is 0.00488. The number of ether oxygens (including phenoxy) is 4.